The fourth-order valence-electron chi connectivity index (χ4n) is 3.77. The van der Waals surface area contributed by atoms with Crippen LogP contribution < -0.4 is 4.74 Å². The first-order valence-electron chi connectivity index (χ1n) is 10.6. The highest BCUT2D eigenvalue weighted by atomic mass is 16.5. The molecule has 33 heavy (non-hydrogen) atoms. The van der Waals surface area contributed by atoms with Gasteiger partial charge in [0.2, 0.25) is 0 Å². The van der Waals surface area contributed by atoms with Gasteiger partial charge in [0, 0.05) is 19.7 Å². The third-order valence-corrected chi connectivity index (χ3v) is 5.46. The van der Waals surface area contributed by atoms with Crippen molar-refractivity contribution in [2.24, 2.45) is 7.05 Å². The largest absolute Gasteiger partial charge is 0.483 e. The molecule has 1 unspecified atom stereocenters. The molecule has 0 bridgehead atoms. The van der Waals surface area contributed by atoms with E-state index in [4.69, 9.17) is 39.0 Å². The van der Waals surface area contributed by atoms with Crippen LogP contribution in [0.1, 0.15) is 35.0 Å². The van der Waals surface area contributed by atoms with Gasteiger partial charge in [-0.2, -0.15) is 0 Å². The minimum Gasteiger partial charge on any atom is -0.483 e. The highest BCUT2D eigenvalue weighted by Crippen LogP contribution is 2.41. The van der Waals surface area contributed by atoms with Gasteiger partial charge in [-0.1, -0.05) is 30.3 Å². The monoisotopic (exact) mass is 456 g/mol. The Labute approximate surface area is 191 Å². The van der Waals surface area contributed by atoms with E-state index in [1.54, 1.807) is 7.11 Å². The molecule has 1 aliphatic rings. The molecule has 0 amide bonds. The second-order valence-electron chi connectivity index (χ2n) is 7.65. The standard InChI is InChI=1S/C22H26N2O3.C2H2O4/c1-15-23-20-21(24(15)2)18(14-26-12-11-25-3)13-17-9-10-19(27-22(17)20)16-7-5-4-6-8-16;3-1(4)2(5)6/h4-8,13,19H,9-12,14H2,1-3H3;(H,3,4)(H,5,6). The first-order valence-corrected chi connectivity index (χ1v) is 10.6. The van der Waals surface area contributed by atoms with Gasteiger partial charge in [-0.3, -0.25) is 0 Å². The number of benzene rings is 2. The summed E-state index contributed by atoms with van der Waals surface area (Å²) in [5.74, 6) is -1.75. The van der Waals surface area contributed by atoms with E-state index in [9.17, 15) is 0 Å². The molecule has 0 radical (unpaired) electrons. The number of rotatable bonds is 6. The van der Waals surface area contributed by atoms with Gasteiger partial charge < -0.3 is 29.0 Å². The smallest absolute Gasteiger partial charge is 0.414 e. The lowest BCUT2D eigenvalue weighted by Crippen LogP contribution is -2.16. The zero-order chi connectivity index (χ0) is 24.0. The molecule has 1 aliphatic heterocycles. The average Bonchev–Trinajstić information content (AvgIpc) is 3.12. The maximum absolute atomic E-state index is 9.10. The van der Waals surface area contributed by atoms with Crippen LogP contribution in [0.5, 0.6) is 5.75 Å². The van der Waals surface area contributed by atoms with E-state index < -0.39 is 11.9 Å². The summed E-state index contributed by atoms with van der Waals surface area (Å²) in [5, 5.41) is 14.8. The molecule has 0 aliphatic carbocycles. The van der Waals surface area contributed by atoms with Gasteiger partial charge in [0.05, 0.1) is 25.3 Å². The summed E-state index contributed by atoms with van der Waals surface area (Å²) in [6, 6.07) is 12.7. The van der Waals surface area contributed by atoms with Crippen LogP contribution >= 0.6 is 0 Å². The van der Waals surface area contributed by atoms with Gasteiger partial charge in [-0.15, -0.1) is 0 Å². The van der Waals surface area contributed by atoms with Gasteiger partial charge in [0.25, 0.3) is 0 Å². The fourth-order valence-corrected chi connectivity index (χ4v) is 3.77. The molecule has 4 rings (SSSR count). The zero-order valence-electron chi connectivity index (χ0n) is 18.9. The molecule has 9 heteroatoms. The Hall–Kier alpha value is -3.43. The van der Waals surface area contributed by atoms with Crippen LogP contribution in [-0.4, -0.2) is 52.0 Å². The van der Waals surface area contributed by atoms with Crippen molar-refractivity contribution < 1.29 is 34.0 Å². The predicted molar refractivity (Wildman–Crippen MR) is 120 cm³/mol. The van der Waals surface area contributed by atoms with Crippen molar-refractivity contribution in [1.82, 2.24) is 9.55 Å². The molecule has 2 N–H and O–H groups in total. The van der Waals surface area contributed by atoms with Gasteiger partial charge in [-0.25, -0.2) is 14.6 Å². The molecule has 176 valence electrons. The highest BCUT2D eigenvalue weighted by molar-refractivity contribution is 6.27. The third-order valence-electron chi connectivity index (χ3n) is 5.46. The number of nitrogens with zero attached hydrogens (tertiary/aromatic N) is 2. The molecule has 9 nitrogen and oxygen atoms in total. The Bertz CT molecular complexity index is 1110. The highest BCUT2D eigenvalue weighted by Gasteiger charge is 2.26. The lowest BCUT2D eigenvalue weighted by Gasteiger charge is -2.27. The third kappa shape index (κ3) is 5.68. The average molecular weight is 456 g/mol. The number of carbonyl (C=O) groups is 2. The Kier molecular flexibility index (Phi) is 8.02. The number of hydrogen-bond donors (Lipinski definition) is 2. The molecule has 0 saturated heterocycles. The number of aromatic nitrogens is 2. The number of carboxylic acids is 2. The SMILES string of the molecule is COCCOCc1cc2c(c3nc(C)n(C)c13)OC(c1ccccc1)CC2.O=C(O)C(=O)O. The first-order chi connectivity index (χ1) is 15.8. The molecule has 2 heterocycles. The minimum atomic E-state index is -1.82. The van der Waals surface area contributed by atoms with E-state index >= 15 is 0 Å². The summed E-state index contributed by atoms with van der Waals surface area (Å²) in [6.07, 6.45) is 2.03. The van der Waals surface area contributed by atoms with Gasteiger partial charge in [0.15, 0.2) is 5.75 Å². The van der Waals surface area contributed by atoms with E-state index in [0.717, 1.165) is 41.0 Å². The quantitative estimate of drug-likeness (QED) is 0.428. The molecule has 0 saturated carbocycles. The summed E-state index contributed by atoms with van der Waals surface area (Å²) in [6.45, 7) is 3.76. The summed E-state index contributed by atoms with van der Waals surface area (Å²) >= 11 is 0. The van der Waals surface area contributed by atoms with Gasteiger partial charge in [0.1, 0.15) is 17.4 Å². The lowest BCUT2D eigenvalue weighted by molar-refractivity contribution is -0.159. The van der Waals surface area contributed by atoms with Crippen molar-refractivity contribution in [2.75, 3.05) is 20.3 Å². The molecule has 2 aromatic carbocycles. The first kappa shape index (κ1) is 24.2. The number of fused-ring (bicyclic) bond motifs is 3. The van der Waals surface area contributed by atoms with Crippen molar-refractivity contribution in [2.45, 2.75) is 32.5 Å². The number of aliphatic carboxylic acids is 2. The van der Waals surface area contributed by atoms with Gasteiger partial charge in [-0.05, 0) is 37.0 Å². The topological polar surface area (TPSA) is 120 Å². The number of hydrogen-bond acceptors (Lipinski definition) is 6. The van der Waals surface area contributed by atoms with Crippen molar-refractivity contribution in [3.8, 4) is 5.75 Å². The van der Waals surface area contributed by atoms with E-state index in [1.165, 1.54) is 11.1 Å². The number of methoxy groups -OCH3 is 1. The van der Waals surface area contributed by atoms with Crippen molar-refractivity contribution >= 4 is 23.0 Å². The number of aryl methyl sites for hydroxylation is 3. The summed E-state index contributed by atoms with van der Waals surface area (Å²) in [5.41, 5.74) is 5.63. The van der Waals surface area contributed by atoms with Crippen LogP contribution in [0.3, 0.4) is 0 Å². The van der Waals surface area contributed by atoms with Gasteiger partial charge >= 0.3 is 11.9 Å². The Balaban J connectivity index is 0.000000454. The summed E-state index contributed by atoms with van der Waals surface area (Å²) < 4.78 is 19.5. The van der Waals surface area contributed by atoms with E-state index in [2.05, 4.69) is 34.9 Å². The molecule has 0 fully saturated rings. The van der Waals surface area contributed by atoms with Crippen LogP contribution in [-0.2, 0) is 39.1 Å². The second kappa shape index (κ2) is 10.9. The molecule has 1 aromatic heterocycles. The molecule has 3 aromatic rings. The molecular formula is C24H28N2O7. The van der Waals surface area contributed by atoms with E-state index in [1.807, 2.05) is 20.0 Å². The Morgan fingerprint density at radius 1 is 1.18 bits per heavy atom. The van der Waals surface area contributed by atoms with Crippen molar-refractivity contribution in [3.05, 3.63) is 58.9 Å². The molecular weight excluding hydrogens is 428 g/mol. The number of carboxylic acid groups (broad SMARTS) is 2. The van der Waals surface area contributed by atoms with E-state index in [0.29, 0.717) is 19.8 Å². The van der Waals surface area contributed by atoms with Crippen molar-refractivity contribution in [1.29, 1.82) is 0 Å². The number of imidazole rings is 1. The predicted octanol–water partition coefficient (Wildman–Crippen LogP) is 3.27. The fraction of sp³-hybridized carbons (Fsp3) is 0.375. The van der Waals surface area contributed by atoms with Crippen LogP contribution in [0.4, 0.5) is 0 Å². The maximum Gasteiger partial charge on any atom is 0.414 e. The van der Waals surface area contributed by atoms with Crippen LogP contribution in [0.2, 0.25) is 0 Å². The maximum atomic E-state index is 9.10. The Morgan fingerprint density at radius 2 is 1.88 bits per heavy atom. The van der Waals surface area contributed by atoms with Crippen LogP contribution in [0, 0.1) is 6.92 Å². The zero-order valence-corrected chi connectivity index (χ0v) is 18.9. The summed E-state index contributed by atoms with van der Waals surface area (Å²) in [7, 11) is 3.73. The molecule has 1 atom stereocenters. The number of ether oxygens (including phenoxy) is 3. The normalized spacial score (nSPS) is 14.7. The molecule has 0 spiro atoms. The van der Waals surface area contributed by atoms with Crippen molar-refractivity contribution in [3.63, 3.8) is 0 Å². The lowest BCUT2D eigenvalue weighted by atomic mass is 9.95. The van der Waals surface area contributed by atoms with E-state index in [-0.39, 0.29) is 6.10 Å². The minimum absolute atomic E-state index is 0.0769. The van der Waals surface area contributed by atoms with Crippen LogP contribution in [0.25, 0.3) is 11.0 Å². The summed E-state index contributed by atoms with van der Waals surface area (Å²) in [4.78, 5) is 23.0. The van der Waals surface area contributed by atoms with Crippen LogP contribution in [0.15, 0.2) is 36.4 Å². The Morgan fingerprint density at radius 3 is 2.52 bits per heavy atom. The second-order valence-corrected chi connectivity index (χ2v) is 7.65.